The summed E-state index contributed by atoms with van der Waals surface area (Å²) in [7, 11) is -4.43. The molecule has 0 saturated heterocycles. The maximum absolute atomic E-state index is 12.4. The summed E-state index contributed by atoms with van der Waals surface area (Å²) in [5, 5.41) is 14.0. The maximum Gasteiger partial charge on any atom is 0.266 e. The molecule has 5 nitrogen and oxygen atoms in total. The van der Waals surface area contributed by atoms with Gasteiger partial charge in [-0.2, -0.15) is 0 Å². The minimum atomic E-state index is -4.43. The number of halogens is 3. The van der Waals surface area contributed by atoms with Crippen molar-refractivity contribution in [2.75, 3.05) is 0 Å². The number of alkyl halides is 2. The van der Waals surface area contributed by atoms with Gasteiger partial charge in [-0.25, -0.2) is 27.3 Å². The smallest absolute Gasteiger partial charge is 0.266 e. The molecule has 84 valence electrons. The first-order chi connectivity index (χ1) is 6.75. The van der Waals surface area contributed by atoms with E-state index in [0.717, 1.165) is 0 Å². The fraction of sp³-hybridized carbons (Fsp3) is 0.167. The Labute approximate surface area is 92.1 Å². The predicted molar refractivity (Wildman–Crippen MR) is 49.9 cm³/mol. The van der Waals surface area contributed by atoms with Gasteiger partial charge < -0.3 is 5.11 Å². The number of hydrogen-bond acceptors (Lipinski definition) is 4. The lowest BCUT2D eigenvalue weighted by atomic mass is 10.3. The van der Waals surface area contributed by atoms with Gasteiger partial charge in [0.05, 0.1) is 5.56 Å². The lowest BCUT2D eigenvalue weighted by Crippen LogP contribution is -2.15. The van der Waals surface area contributed by atoms with E-state index in [1.54, 1.807) is 0 Å². The zero-order valence-corrected chi connectivity index (χ0v) is 9.39. The number of nitrogens with two attached hydrogens (primary N) is 1. The number of sulfonamides is 1. The predicted octanol–water partition coefficient (Wildman–Crippen LogP) is 1.13. The van der Waals surface area contributed by atoms with Gasteiger partial charge in [0, 0.05) is 6.20 Å². The molecule has 9 heteroatoms. The van der Waals surface area contributed by atoms with Crippen LogP contribution in [0.2, 0.25) is 0 Å². The van der Waals surface area contributed by atoms with E-state index < -0.39 is 32.7 Å². The molecule has 3 N–H and O–H groups in total. The molecule has 1 aromatic rings. The van der Waals surface area contributed by atoms with Crippen LogP contribution in [-0.4, -0.2) is 18.5 Å². The second-order valence-electron chi connectivity index (χ2n) is 2.53. The summed E-state index contributed by atoms with van der Waals surface area (Å²) in [5.41, 5.74) is -0.932. The molecule has 0 amide bonds. The molecule has 0 aliphatic carbocycles. The summed E-state index contributed by atoms with van der Waals surface area (Å²) < 4.78 is 46.4. The van der Waals surface area contributed by atoms with E-state index in [4.69, 9.17) is 5.14 Å². The highest BCUT2D eigenvalue weighted by Crippen LogP contribution is 2.35. The van der Waals surface area contributed by atoms with Crippen molar-refractivity contribution in [3.05, 3.63) is 16.4 Å². The van der Waals surface area contributed by atoms with Gasteiger partial charge in [0.25, 0.3) is 6.43 Å². The summed E-state index contributed by atoms with van der Waals surface area (Å²) in [4.78, 5) is 2.33. The van der Waals surface area contributed by atoms with Crippen LogP contribution >= 0.6 is 15.9 Å². The van der Waals surface area contributed by atoms with Crippen molar-refractivity contribution in [2.45, 2.75) is 11.3 Å². The Morgan fingerprint density at radius 1 is 1.53 bits per heavy atom. The molecule has 1 rings (SSSR count). The van der Waals surface area contributed by atoms with Crippen LogP contribution in [0.5, 0.6) is 5.75 Å². The summed E-state index contributed by atoms with van der Waals surface area (Å²) in [6, 6.07) is 0. The van der Waals surface area contributed by atoms with E-state index in [0.29, 0.717) is 6.20 Å². The van der Waals surface area contributed by atoms with E-state index in [1.807, 2.05) is 0 Å². The number of aromatic nitrogens is 1. The van der Waals surface area contributed by atoms with Crippen molar-refractivity contribution in [1.29, 1.82) is 0 Å². The Morgan fingerprint density at radius 3 is 2.47 bits per heavy atom. The molecule has 0 aromatic carbocycles. The van der Waals surface area contributed by atoms with Crippen LogP contribution < -0.4 is 5.14 Å². The third-order valence-corrected chi connectivity index (χ3v) is 3.09. The number of pyridine rings is 1. The first kappa shape index (κ1) is 12.3. The number of aromatic hydroxyl groups is 1. The molecule has 1 heterocycles. The normalized spacial score (nSPS) is 12.1. The number of rotatable bonds is 2. The van der Waals surface area contributed by atoms with Gasteiger partial charge in [-0.3, -0.25) is 0 Å². The molecule has 15 heavy (non-hydrogen) atoms. The van der Waals surface area contributed by atoms with Gasteiger partial charge in [0.1, 0.15) is 9.50 Å². The molecular weight excluding hydrogens is 298 g/mol. The minimum absolute atomic E-state index is 0.268. The van der Waals surface area contributed by atoms with Crippen molar-refractivity contribution in [2.24, 2.45) is 5.14 Å². The maximum atomic E-state index is 12.4. The number of primary sulfonamides is 1. The Bertz CT molecular complexity index is 491. The van der Waals surface area contributed by atoms with Gasteiger partial charge in [-0.05, 0) is 15.9 Å². The standard InChI is InChI=1S/C6H5BrF2N2O3S/c7-5-3(12)4(15(10,13)14)2(1-11-5)6(8)9/h1,6,12H,(H2,10,13,14). The minimum Gasteiger partial charge on any atom is -0.504 e. The fourth-order valence-electron chi connectivity index (χ4n) is 0.931. The Balaban J connectivity index is 3.65. The fourth-order valence-corrected chi connectivity index (χ4v) is 2.20. The highest BCUT2D eigenvalue weighted by molar-refractivity contribution is 9.10. The van der Waals surface area contributed by atoms with E-state index in [-0.39, 0.29) is 4.60 Å². The molecule has 0 unspecified atom stereocenters. The van der Waals surface area contributed by atoms with Crippen LogP contribution in [0.4, 0.5) is 8.78 Å². The molecule has 0 atom stereocenters. The zero-order valence-electron chi connectivity index (χ0n) is 6.99. The van der Waals surface area contributed by atoms with Crippen molar-refractivity contribution in [1.82, 2.24) is 4.98 Å². The van der Waals surface area contributed by atoms with Gasteiger partial charge >= 0.3 is 0 Å². The summed E-state index contributed by atoms with van der Waals surface area (Å²) in [5.74, 6) is -0.921. The number of hydrogen-bond donors (Lipinski definition) is 2. The largest absolute Gasteiger partial charge is 0.504 e. The SMILES string of the molecule is NS(=O)(=O)c1c(C(F)F)cnc(Br)c1O. The van der Waals surface area contributed by atoms with E-state index in [2.05, 4.69) is 20.9 Å². The lowest BCUT2D eigenvalue weighted by Gasteiger charge is -2.08. The van der Waals surface area contributed by atoms with Crippen molar-refractivity contribution in [3.8, 4) is 5.75 Å². The highest BCUT2D eigenvalue weighted by Gasteiger charge is 2.26. The van der Waals surface area contributed by atoms with E-state index in [1.165, 1.54) is 0 Å². The Hall–Kier alpha value is -0.800. The van der Waals surface area contributed by atoms with Crippen LogP contribution in [-0.2, 0) is 10.0 Å². The molecule has 0 radical (unpaired) electrons. The number of nitrogens with zero attached hydrogens (tertiary/aromatic N) is 1. The van der Waals surface area contributed by atoms with Crippen molar-refractivity contribution < 1.29 is 22.3 Å². The lowest BCUT2D eigenvalue weighted by molar-refractivity contribution is 0.146. The molecule has 0 spiro atoms. The van der Waals surface area contributed by atoms with Crippen LogP contribution in [0.25, 0.3) is 0 Å². The zero-order chi connectivity index (χ0) is 11.8. The van der Waals surface area contributed by atoms with Gasteiger partial charge in [0.2, 0.25) is 10.0 Å². The molecule has 0 aliphatic rings. The summed E-state index contributed by atoms with van der Waals surface area (Å²) in [6.45, 7) is 0. The monoisotopic (exact) mass is 302 g/mol. The molecule has 1 aromatic heterocycles. The Morgan fingerprint density at radius 2 is 2.07 bits per heavy atom. The quantitative estimate of drug-likeness (QED) is 0.801. The van der Waals surface area contributed by atoms with Crippen LogP contribution in [0, 0.1) is 0 Å². The van der Waals surface area contributed by atoms with Crippen molar-refractivity contribution >= 4 is 26.0 Å². The average molecular weight is 303 g/mol. The molecule has 0 aliphatic heterocycles. The third kappa shape index (κ3) is 2.41. The molecule has 0 bridgehead atoms. The first-order valence-corrected chi connectivity index (χ1v) is 5.77. The van der Waals surface area contributed by atoms with Crippen molar-refractivity contribution in [3.63, 3.8) is 0 Å². The molecular formula is C6H5BrF2N2O3S. The average Bonchev–Trinajstić information content (AvgIpc) is 2.06. The van der Waals surface area contributed by atoms with Gasteiger partial charge in [-0.15, -0.1) is 0 Å². The second kappa shape index (κ2) is 3.99. The van der Waals surface area contributed by atoms with Gasteiger partial charge in [-0.1, -0.05) is 0 Å². The highest BCUT2D eigenvalue weighted by atomic mass is 79.9. The summed E-state index contributed by atoms with van der Waals surface area (Å²) in [6.07, 6.45) is -2.46. The molecule has 0 fully saturated rings. The van der Waals surface area contributed by atoms with E-state index >= 15 is 0 Å². The third-order valence-electron chi connectivity index (χ3n) is 1.51. The second-order valence-corrected chi connectivity index (χ2v) is 4.78. The van der Waals surface area contributed by atoms with Crippen LogP contribution in [0.15, 0.2) is 15.7 Å². The topological polar surface area (TPSA) is 93.3 Å². The van der Waals surface area contributed by atoms with Crippen LogP contribution in [0.3, 0.4) is 0 Å². The first-order valence-electron chi connectivity index (χ1n) is 3.43. The molecule has 0 saturated carbocycles. The Kier molecular flexibility index (Phi) is 3.26. The summed E-state index contributed by atoms with van der Waals surface area (Å²) >= 11 is 2.70. The van der Waals surface area contributed by atoms with Gasteiger partial charge in [0.15, 0.2) is 5.75 Å². The van der Waals surface area contributed by atoms with Crippen LogP contribution in [0.1, 0.15) is 12.0 Å². The van der Waals surface area contributed by atoms with E-state index in [9.17, 15) is 22.3 Å².